The number of hydrogen-bond acceptors (Lipinski definition) is 5. The molecule has 2 saturated heterocycles. The molecular weight excluding hydrogens is 364 g/mol. The molecule has 0 unspecified atom stereocenters. The molecular formula is C20H26N2O4S. The standard InChI is InChI=1S/C20H26N2O4S/c23-18(12-27-10-9-21-7-3-4-8-21)22-11-16-15-5-1-2-6-17(15)26-14-20(16,13-22)19(24)25/h1-2,5-6,16H,3-4,7-14H2,(H,24,25)/t16-,20-/m1/s1. The number of carbonyl (C=O) groups is 2. The van der Waals surface area contributed by atoms with Gasteiger partial charge in [0, 0.05) is 36.9 Å². The average molecular weight is 391 g/mol. The topological polar surface area (TPSA) is 70.1 Å². The smallest absolute Gasteiger partial charge is 0.315 e. The molecule has 3 heterocycles. The number of carbonyl (C=O) groups excluding carboxylic acids is 1. The summed E-state index contributed by atoms with van der Waals surface area (Å²) in [7, 11) is 0. The number of amides is 1. The first-order valence-corrected chi connectivity index (χ1v) is 10.8. The predicted molar refractivity (Wildman–Crippen MR) is 104 cm³/mol. The molecule has 3 aliphatic heterocycles. The Morgan fingerprint density at radius 3 is 2.81 bits per heavy atom. The molecule has 146 valence electrons. The molecule has 7 heteroatoms. The third kappa shape index (κ3) is 3.55. The molecule has 2 fully saturated rings. The van der Waals surface area contributed by atoms with E-state index in [1.165, 1.54) is 25.9 Å². The van der Waals surface area contributed by atoms with Gasteiger partial charge in [-0.2, -0.15) is 11.8 Å². The molecule has 0 aliphatic carbocycles. The maximum atomic E-state index is 12.7. The van der Waals surface area contributed by atoms with Crippen molar-refractivity contribution in [2.24, 2.45) is 5.41 Å². The van der Waals surface area contributed by atoms with Crippen molar-refractivity contribution in [1.29, 1.82) is 0 Å². The Hall–Kier alpha value is -1.73. The van der Waals surface area contributed by atoms with Crippen LogP contribution in [0.4, 0.5) is 0 Å². The third-order valence-corrected chi connectivity index (χ3v) is 7.00. The van der Waals surface area contributed by atoms with Crippen LogP contribution in [0, 0.1) is 5.41 Å². The van der Waals surface area contributed by atoms with Gasteiger partial charge in [0.2, 0.25) is 5.91 Å². The Morgan fingerprint density at radius 1 is 1.26 bits per heavy atom. The maximum absolute atomic E-state index is 12.7. The molecule has 3 aliphatic rings. The number of ether oxygens (including phenoxy) is 1. The molecule has 1 aromatic carbocycles. The number of thioether (sulfide) groups is 1. The van der Waals surface area contributed by atoms with Gasteiger partial charge in [0.25, 0.3) is 0 Å². The van der Waals surface area contributed by atoms with E-state index >= 15 is 0 Å². The minimum Gasteiger partial charge on any atom is -0.492 e. The van der Waals surface area contributed by atoms with E-state index in [1.54, 1.807) is 16.7 Å². The fourth-order valence-corrected chi connectivity index (χ4v) is 5.37. The van der Waals surface area contributed by atoms with Crippen molar-refractivity contribution in [1.82, 2.24) is 9.80 Å². The van der Waals surface area contributed by atoms with Crippen molar-refractivity contribution >= 4 is 23.6 Å². The number of rotatable bonds is 6. The Balaban J connectivity index is 1.39. The fourth-order valence-electron chi connectivity index (χ4n) is 4.48. The molecule has 0 aromatic heterocycles. The summed E-state index contributed by atoms with van der Waals surface area (Å²) in [6.45, 7) is 4.17. The summed E-state index contributed by atoms with van der Waals surface area (Å²) >= 11 is 1.65. The van der Waals surface area contributed by atoms with E-state index in [-0.39, 0.29) is 25.0 Å². The van der Waals surface area contributed by atoms with Gasteiger partial charge < -0.3 is 19.6 Å². The molecule has 0 spiro atoms. The Labute approximate surface area is 163 Å². The van der Waals surface area contributed by atoms with Crippen molar-refractivity contribution < 1.29 is 19.4 Å². The van der Waals surface area contributed by atoms with E-state index < -0.39 is 11.4 Å². The quantitative estimate of drug-likeness (QED) is 0.749. The van der Waals surface area contributed by atoms with Crippen LogP contribution >= 0.6 is 11.8 Å². The second-order valence-electron chi connectivity index (χ2n) is 7.72. The Kier molecular flexibility index (Phi) is 5.32. The van der Waals surface area contributed by atoms with E-state index in [0.29, 0.717) is 12.3 Å². The molecule has 4 rings (SSSR count). The summed E-state index contributed by atoms with van der Waals surface area (Å²) in [5.74, 6) is 1.05. The lowest BCUT2D eigenvalue weighted by molar-refractivity contribution is -0.152. The Morgan fingerprint density at radius 2 is 2.04 bits per heavy atom. The van der Waals surface area contributed by atoms with Crippen LogP contribution in [0.15, 0.2) is 24.3 Å². The zero-order valence-electron chi connectivity index (χ0n) is 15.4. The lowest BCUT2D eigenvalue weighted by atomic mass is 9.73. The number of hydrogen-bond donors (Lipinski definition) is 1. The molecule has 6 nitrogen and oxygen atoms in total. The van der Waals surface area contributed by atoms with Crippen LogP contribution in [0.2, 0.25) is 0 Å². The highest BCUT2D eigenvalue weighted by molar-refractivity contribution is 7.99. The van der Waals surface area contributed by atoms with Gasteiger partial charge in [-0.15, -0.1) is 0 Å². The van der Waals surface area contributed by atoms with E-state index in [9.17, 15) is 14.7 Å². The summed E-state index contributed by atoms with van der Waals surface area (Å²) in [5.41, 5.74) is -0.132. The molecule has 2 atom stereocenters. The van der Waals surface area contributed by atoms with Crippen LogP contribution in [-0.2, 0) is 9.59 Å². The van der Waals surface area contributed by atoms with E-state index in [2.05, 4.69) is 4.90 Å². The van der Waals surface area contributed by atoms with Gasteiger partial charge in [0.15, 0.2) is 0 Å². The lowest BCUT2D eigenvalue weighted by Gasteiger charge is -2.35. The number of para-hydroxylation sites is 1. The molecule has 1 N–H and O–H groups in total. The number of aliphatic carboxylic acids is 1. The minimum atomic E-state index is -1.04. The van der Waals surface area contributed by atoms with E-state index in [0.717, 1.165) is 23.6 Å². The first kappa shape index (κ1) is 18.6. The second-order valence-corrected chi connectivity index (χ2v) is 8.82. The van der Waals surface area contributed by atoms with Gasteiger partial charge in [0.1, 0.15) is 17.8 Å². The van der Waals surface area contributed by atoms with Crippen LogP contribution in [-0.4, -0.2) is 77.6 Å². The van der Waals surface area contributed by atoms with E-state index in [4.69, 9.17) is 4.74 Å². The number of nitrogens with zero attached hydrogens (tertiary/aromatic N) is 2. The molecule has 1 aromatic rings. The van der Waals surface area contributed by atoms with Gasteiger partial charge >= 0.3 is 5.97 Å². The first-order valence-electron chi connectivity index (χ1n) is 9.63. The molecule has 0 saturated carbocycles. The van der Waals surface area contributed by atoms with Gasteiger partial charge in [-0.1, -0.05) is 18.2 Å². The van der Waals surface area contributed by atoms with Gasteiger partial charge in [0.05, 0.1) is 5.75 Å². The number of carboxylic acid groups (broad SMARTS) is 1. The molecule has 1 amide bonds. The van der Waals surface area contributed by atoms with Crippen LogP contribution in [0.1, 0.15) is 24.3 Å². The summed E-state index contributed by atoms with van der Waals surface area (Å²) in [6, 6.07) is 7.59. The van der Waals surface area contributed by atoms with Crippen molar-refractivity contribution in [3.63, 3.8) is 0 Å². The summed E-state index contributed by atoms with van der Waals surface area (Å²) in [5, 5.41) is 9.93. The molecule has 27 heavy (non-hydrogen) atoms. The average Bonchev–Trinajstić information content (AvgIpc) is 3.33. The van der Waals surface area contributed by atoms with Crippen molar-refractivity contribution in [2.75, 3.05) is 50.8 Å². The minimum absolute atomic E-state index is 0.0360. The van der Waals surface area contributed by atoms with Crippen LogP contribution < -0.4 is 4.74 Å². The Bertz CT molecular complexity index is 722. The van der Waals surface area contributed by atoms with Gasteiger partial charge in [-0.05, 0) is 32.0 Å². The maximum Gasteiger partial charge on any atom is 0.315 e. The van der Waals surface area contributed by atoms with Crippen molar-refractivity contribution in [2.45, 2.75) is 18.8 Å². The van der Waals surface area contributed by atoms with Gasteiger partial charge in [-0.3, -0.25) is 9.59 Å². The number of fused-ring (bicyclic) bond motifs is 3. The predicted octanol–water partition coefficient (Wildman–Crippen LogP) is 1.90. The molecule has 0 radical (unpaired) electrons. The zero-order chi connectivity index (χ0) is 18.9. The summed E-state index contributed by atoms with van der Waals surface area (Å²) < 4.78 is 5.76. The van der Waals surface area contributed by atoms with Crippen molar-refractivity contribution in [3.8, 4) is 5.75 Å². The number of benzene rings is 1. The summed E-state index contributed by atoms with van der Waals surface area (Å²) in [6.07, 6.45) is 2.55. The highest BCUT2D eigenvalue weighted by Crippen LogP contribution is 2.49. The molecule has 0 bridgehead atoms. The van der Waals surface area contributed by atoms with Gasteiger partial charge in [-0.25, -0.2) is 0 Å². The van der Waals surface area contributed by atoms with E-state index in [1.807, 2.05) is 24.3 Å². The highest BCUT2D eigenvalue weighted by Gasteiger charge is 2.57. The zero-order valence-corrected chi connectivity index (χ0v) is 16.2. The first-order chi connectivity index (χ1) is 13.1. The third-order valence-electron chi connectivity index (χ3n) is 6.08. The SMILES string of the molecule is O=C(CSCCN1CCCC1)N1C[C@@H]2c3ccccc3OC[C@]2(C(=O)O)C1. The normalized spacial score (nSPS) is 27.1. The number of carboxylic acids is 1. The van der Waals surface area contributed by atoms with Crippen molar-refractivity contribution in [3.05, 3.63) is 29.8 Å². The fraction of sp³-hybridized carbons (Fsp3) is 0.600. The monoisotopic (exact) mass is 390 g/mol. The highest BCUT2D eigenvalue weighted by atomic mass is 32.2. The lowest BCUT2D eigenvalue weighted by Crippen LogP contribution is -2.46. The van der Waals surface area contributed by atoms with Crippen LogP contribution in [0.3, 0.4) is 0 Å². The van der Waals surface area contributed by atoms with Crippen LogP contribution in [0.25, 0.3) is 0 Å². The largest absolute Gasteiger partial charge is 0.492 e. The summed E-state index contributed by atoms with van der Waals surface area (Å²) in [4.78, 5) is 29.0. The second kappa shape index (κ2) is 7.72. The number of likely N-dealkylation sites (tertiary alicyclic amines) is 2. The van der Waals surface area contributed by atoms with Crippen LogP contribution in [0.5, 0.6) is 5.75 Å².